The van der Waals surface area contributed by atoms with Gasteiger partial charge in [-0.2, -0.15) is 0 Å². The third-order valence-electron chi connectivity index (χ3n) is 3.95. The third-order valence-corrected chi connectivity index (χ3v) is 3.95. The number of benzene rings is 1. The molecule has 0 atom stereocenters. The summed E-state index contributed by atoms with van der Waals surface area (Å²) in [6.45, 7) is 0.338. The second-order valence-corrected chi connectivity index (χ2v) is 5.78. The number of nitrogens with two attached hydrogens (primary N) is 1. The van der Waals surface area contributed by atoms with E-state index < -0.39 is 0 Å². The van der Waals surface area contributed by atoms with Gasteiger partial charge in [-0.1, -0.05) is 32.1 Å². The zero-order valence-electron chi connectivity index (χ0n) is 12.6. The Balaban J connectivity index is 1.79. The van der Waals surface area contributed by atoms with Crippen LogP contribution in [0.4, 0.5) is 5.69 Å². The minimum atomic E-state index is -0.336. The van der Waals surface area contributed by atoms with Crippen molar-refractivity contribution in [2.45, 2.75) is 57.4 Å². The van der Waals surface area contributed by atoms with Crippen molar-refractivity contribution in [1.29, 1.82) is 0 Å². The molecule has 1 fully saturated rings. The van der Waals surface area contributed by atoms with Crippen LogP contribution >= 0.6 is 0 Å². The summed E-state index contributed by atoms with van der Waals surface area (Å²) in [7, 11) is 0. The van der Waals surface area contributed by atoms with E-state index in [1.165, 1.54) is 44.9 Å². The summed E-state index contributed by atoms with van der Waals surface area (Å²) in [5.74, 6) is 0.442. The first kappa shape index (κ1) is 15.7. The number of carbonyl (C=O) groups is 1. The summed E-state index contributed by atoms with van der Waals surface area (Å²) in [6.07, 6.45) is 9.55. The van der Waals surface area contributed by atoms with Gasteiger partial charge >= 0.3 is 0 Å². The third kappa shape index (κ3) is 6.06. The van der Waals surface area contributed by atoms with Gasteiger partial charge in [-0.25, -0.2) is 0 Å². The molecule has 3 N–H and O–H groups in total. The van der Waals surface area contributed by atoms with Crippen molar-refractivity contribution in [2.75, 3.05) is 11.9 Å². The van der Waals surface area contributed by atoms with E-state index in [0.717, 1.165) is 11.4 Å². The summed E-state index contributed by atoms with van der Waals surface area (Å²) in [6, 6.07) is 8.54. The topological polar surface area (TPSA) is 64.4 Å². The number of anilines is 1. The molecule has 1 saturated carbocycles. The molecule has 1 aliphatic carbocycles. The van der Waals surface area contributed by atoms with Crippen molar-refractivity contribution in [3.63, 3.8) is 0 Å². The summed E-state index contributed by atoms with van der Waals surface area (Å²) < 4.78 is 5.47. The second kappa shape index (κ2) is 8.55. The minimum absolute atomic E-state index is 0.252. The van der Waals surface area contributed by atoms with Crippen molar-refractivity contribution in [2.24, 2.45) is 5.73 Å². The zero-order valence-corrected chi connectivity index (χ0v) is 12.6. The lowest BCUT2D eigenvalue weighted by Crippen LogP contribution is -2.20. The van der Waals surface area contributed by atoms with Crippen LogP contribution in [-0.2, 0) is 4.79 Å². The Hall–Kier alpha value is -1.71. The molecule has 0 spiro atoms. The number of rotatable bonds is 6. The van der Waals surface area contributed by atoms with Crippen molar-refractivity contribution in [3.8, 4) is 5.75 Å². The Morgan fingerprint density at radius 1 is 1.10 bits per heavy atom. The SMILES string of the molecule is NC(=O)CCOc1ccc(NC2CCCCCCC2)cc1. The molecule has 2 rings (SSSR count). The molecule has 0 bridgehead atoms. The molecule has 0 saturated heterocycles. The Bertz CT molecular complexity index is 423. The maximum atomic E-state index is 10.6. The van der Waals surface area contributed by atoms with E-state index in [2.05, 4.69) is 5.32 Å². The molecule has 0 radical (unpaired) electrons. The van der Waals surface area contributed by atoms with E-state index in [1.54, 1.807) is 0 Å². The molecular formula is C17H26N2O2. The normalized spacial score (nSPS) is 16.8. The maximum absolute atomic E-state index is 10.6. The van der Waals surface area contributed by atoms with Crippen LogP contribution in [0, 0.1) is 0 Å². The number of nitrogens with one attached hydrogen (secondary N) is 1. The Morgan fingerprint density at radius 3 is 2.33 bits per heavy atom. The summed E-state index contributed by atoms with van der Waals surface area (Å²) in [5, 5.41) is 3.62. The van der Waals surface area contributed by atoms with Gasteiger partial charge in [-0.05, 0) is 37.1 Å². The zero-order chi connectivity index (χ0) is 14.9. The molecule has 0 aromatic heterocycles. The van der Waals surface area contributed by atoms with Crippen LogP contribution in [0.25, 0.3) is 0 Å². The summed E-state index contributed by atoms with van der Waals surface area (Å²) in [5.41, 5.74) is 6.22. The highest BCUT2D eigenvalue weighted by Gasteiger charge is 2.10. The summed E-state index contributed by atoms with van der Waals surface area (Å²) >= 11 is 0. The minimum Gasteiger partial charge on any atom is -0.493 e. The van der Waals surface area contributed by atoms with Crippen LogP contribution in [0.3, 0.4) is 0 Å². The molecule has 1 aromatic rings. The van der Waals surface area contributed by atoms with Gasteiger partial charge in [-0.3, -0.25) is 4.79 Å². The van der Waals surface area contributed by atoms with E-state index in [4.69, 9.17) is 10.5 Å². The van der Waals surface area contributed by atoms with E-state index in [0.29, 0.717) is 12.6 Å². The number of ether oxygens (including phenoxy) is 1. The number of hydrogen-bond acceptors (Lipinski definition) is 3. The second-order valence-electron chi connectivity index (χ2n) is 5.78. The first-order valence-corrected chi connectivity index (χ1v) is 8.02. The van der Waals surface area contributed by atoms with Gasteiger partial charge in [0.05, 0.1) is 13.0 Å². The van der Waals surface area contributed by atoms with Crippen LogP contribution < -0.4 is 15.8 Å². The monoisotopic (exact) mass is 290 g/mol. The molecule has 1 aromatic carbocycles. The van der Waals surface area contributed by atoms with Crippen molar-refractivity contribution >= 4 is 11.6 Å². The predicted octanol–water partition coefficient (Wildman–Crippen LogP) is 3.47. The van der Waals surface area contributed by atoms with Crippen LogP contribution in [0.5, 0.6) is 5.75 Å². The molecular weight excluding hydrogens is 264 g/mol. The Kier molecular flexibility index (Phi) is 6.38. The largest absolute Gasteiger partial charge is 0.493 e. The van der Waals surface area contributed by atoms with Crippen molar-refractivity contribution < 1.29 is 9.53 Å². The fraction of sp³-hybridized carbons (Fsp3) is 0.588. The molecule has 1 aliphatic rings. The molecule has 0 heterocycles. The highest BCUT2D eigenvalue weighted by molar-refractivity contribution is 5.73. The Labute approximate surface area is 127 Å². The number of amides is 1. The molecule has 4 heteroatoms. The lowest BCUT2D eigenvalue weighted by atomic mass is 9.96. The summed E-state index contributed by atoms with van der Waals surface area (Å²) in [4.78, 5) is 10.6. The van der Waals surface area contributed by atoms with Gasteiger partial charge in [-0.15, -0.1) is 0 Å². The average molecular weight is 290 g/mol. The van der Waals surface area contributed by atoms with Gasteiger partial charge in [0.1, 0.15) is 5.75 Å². The lowest BCUT2D eigenvalue weighted by Gasteiger charge is -2.22. The number of hydrogen-bond donors (Lipinski definition) is 2. The molecule has 116 valence electrons. The quantitative estimate of drug-likeness (QED) is 0.843. The number of carbonyl (C=O) groups excluding carboxylic acids is 1. The van der Waals surface area contributed by atoms with E-state index in [9.17, 15) is 4.79 Å². The first-order valence-electron chi connectivity index (χ1n) is 8.02. The van der Waals surface area contributed by atoms with Gasteiger partial charge in [0.15, 0.2) is 0 Å². The van der Waals surface area contributed by atoms with Crippen LogP contribution in [0.1, 0.15) is 51.4 Å². The molecule has 1 amide bonds. The number of primary amides is 1. The predicted molar refractivity (Wildman–Crippen MR) is 85.5 cm³/mol. The fourth-order valence-corrected chi connectivity index (χ4v) is 2.75. The Morgan fingerprint density at radius 2 is 1.71 bits per heavy atom. The van der Waals surface area contributed by atoms with Gasteiger partial charge in [0.25, 0.3) is 0 Å². The highest BCUT2D eigenvalue weighted by Crippen LogP contribution is 2.22. The van der Waals surface area contributed by atoms with E-state index in [1.807, 2.05) is 24.3 Å². The molecule has 0 unspecified atom stereocenters. The fourth-order valence-electron chi connectivity index (χ4n) is 2.75. The molecule has 0 aliphatic heterocycles. The smallest absolute Gasteiger partial charge is 0.220 e. The lowest BCUT2D eigenvalue weighted by molar-refractivity contribution is -0.118. The van der Waals surface area contributed by atoms with Gasteiger partial charge in [0, 0.05) is 11.7 Å². The average Bonchev–Trinajstić information content (AvgIpc) is 2.43. The first-order chi connectivity index (χ1) is 10.2. The van der Waals surface area contributed by atoms with E-state index in [-0.39, 0.29) is 12.3 Å². The van der Waals surface area contributed by atoms with E-state index >= 15 is 0 Å². The van der Waals surface area contributed by atoms with Crippen LogP contribution in [-0.4, -0.2) is 18.6 Å². The van der Waals surface area contributed by atoms with Crippen molar-refractivity contribution in [1.82, 2.24) is 0 Å². The van der Waals surface area contributed by atoms with Crippen molar-refractivity contribution in [3.05, 3.63) is 24.3 Å². The van der Waals surface area contributed by atoms with Crippen LogP contribution in [0.15, 0.2) is 24.3 Å². The molecule has 21 heavy (non-hydrogen) atoms. The van der Waals surface area contributed by atoms with Gasteiger partial charge < -0.3 is 15.8 Å². The molecule has 4 nitrogen and oxygen atoms in total. The standard InChI is InChI=1S/C17H26N2O2/c18-17(20)12-13-21-16-10-8-15(9-11-16)19-14-6-4-2-1-3-5-7-14/h8-11,14,19H,1-7,12-13H2,(H2,18,20). The highest BCUT2D eigenvalue weighted by atomic mass is 16.5. The van der Waals surface area contributed by atoms with Crippen LogP contribution in [0.2, 0.25) is 0 Å². The maximum Gasteiger partial charge on any atom is 0.220 e. The van der Waals surface area contributed by atoms with Gasteiger partial charge in [0.2, 0.25) is 5.91 Å².